The van der Waals surface area contributed by atoms with E-state index in [1.54, 1.807) is 19.1 Å². The highest BCUT2D eigenvalue weighted by molar-refractivity contribution is 7.17. The number of alkyl halides is 2. The number of benzene rings is 1. The minimum absolute atomic E-state index is 0.136. The summed E-state index contributed by atoms with van der Waals surface area (Å²) in [7, 11) is 0. The molecule has 1 aliphatic carbocycles. The van der Waals surface area contributed by atoms with Gasteiger partial charge in [0.05, 0.1) is 23.7 Å². The van der Waals surface area contributed by atoms with Gasteiger partial charge in [-0.25, -0.2) is 18.6 Å². The average molecular weight is 449 g/mol. The first-order chi connectivity index (χ1) is 14.7. The van der Waals surface area contributed by atoms with Gasteiger partial charge in [0.15, 0.2) is 5.01 Å². The third-order valence-corrected chi connectivity index (χ3v) is 7.08. The predicted molar refractivity (Wildman–Crippen MR) is 109 cm³/mol. The number of aliphatic hydroxyl groups is 1. The fourth-order valence-electron chi connectivity index (χ4n) is 4.06. The Bertz CT molecular complexity index is 1060. The molecule has 1 saturated heterocycles. The molecule has 10 heteroatoms. The largest absolute Gasteiger partial charge is 0.392 e. The minimum atomic E-state index is -2.85. The van der Waals surface area contributed by atoms with Crippen molar-refractivity contribution in [2.24, 2.45) is 0 Å². The molecule has 2 aromatic rings. The number of aromatic nitrogens is 1. The van der Waals surface area contributed by atoms with E-state index in [4.69, 9.17) is 0 Å². The van der Waals surface area contributed by atoms with E-state index in [0.717, 1.165) is 26.7 Å². The summed E-state index contributed by atoms with van der Waals surface area (Å²) in [6.45, 7) is 1.07. The number of nitrogens with one attached hydrogen (secondary N) is 1. The molecule has 7 nitrogen and oxygen atoms in total. The van der Waals surface area contributed by atoms with Crippen molar-refractivity contribution >= 4 is 29.1 Å². The van der Waals surface area contributed by atoms with Gasteiger partial charge in [-0.1, -0.05) is 24.3 Å². The van der Waals surface area contributed by atoms with Crippen molar-refractivity contribution in [2.75, 3.05) is 6.54 Å². The number of hydrogen-bond donors (Lipinski definition) is 2. The Kier molecular flexibility index (Phi) is 5.38. The van der Waals surface area contributed by atoms with E-state index in [1.807, 2.05) is 12.1 Å². The van der Waals surface area contributed by atoms with Gasteiger partial charge >= 0.3 is 6.03 Å². The highest BCUT2D eigenvalue weighted by Gasteiger charge is 2.55. The Morgan fingerprint density at radius 1 is 1.23 bits per heavy atom. The molecule has 0 atom stereocenters. The smallest absolute Gasteiger partial charge is 0.325 e. The summed E-state index contributed by atoms with van der Waals surface area (Å²) < 4.78 is 27.0. The monoisotopic (exact) mass is 449 g/mol. The molecule has 1 spiro atoms. The number of amides is 3. The fraction of sp³-hybridized carbons (Fsp3) is 0.429. The number of ketones is 1. The molecule has 2 aliphatic rings. The molecular formula is C21H21F2N3O4S. The Morgan fingerprint density at radius 3 is 2.58 bits per heavy atom. The number of carbonyl (C=O) groups excluding carboxylic acids is 3. The van der Waals surface area contributed by atoms with Gasteiger partial charge in [0, 0.05) is 12.8 Å². The lowest BCUT2D eigenvalue weighted by atomic mass is 9.80. The second-order valence-electron chi connectivity index (χ2n) is 7.93. The Hall–Kier alpha value is -2.72. The van der Waals surface area contributed by atoms with Crippen LogP contribution >= 0.6 is 11.3 Å². The van der Waals surface area contributed by atoms with Crippen LogP contribution in [0, 0.1) is 6.92 Å². The van der Waals surface area contributed by atoms with Crippen molar-refractivity contribution in [2.45, 2.75) is 50.7 Å². The summed E-state index contributed by atoms with van der Waals surface area (Å²) in [5.41, 5.74) is 0.690. The number of thiazole rings is 1. The standard InChI is InChI=1S/C21H21F2N3O4S/c1-12-16(14-5-3-2-4-13(14)11-27)31-17(24-12)15(28)10-26-18(29)20(25-19(26)30)6-8-21(22,23)9-7-20/h2-5,27H,6-11H2,1H3,(H,25,30). The molecule has 0 unspecified atom stereocenters. The van der Waals surface area contributed by atoms with Gasteiger partial charge in [0.1, 0.15) is 5.54 Å². The van der Waals surface area contributed by atoms with Crippen LogP contribution in [-0.2, 0) is 11.4 Å². The van der Waals surface area contributed by atoms with Crippen LogP contribution in [0.1, 0.15) is 46.7 Å². The zero-order chi connectivity index (χ0) is 22.4. The van der Waals surface area contributed by atoms with Crippen molar-refractivity contribution in [3.63, 3.8) is 0 Å². The SMILES string of the molecule is Cc1nc(C(=O)CN2C(=O)NC3(CCC(F)(F)CC3)C2=O)sc1-c1ccccc1CO. The number of nitrogens with zero attached hydrogens (tertiary/aromatic N) is 2. The second-order valence-corrected chi connectivity index (χ2v) is 8.93. The van der Waals surface area contributed by atoms with Gasteiger partial charge in [-0.3, -0.25) is 14.5 Å². The molecule has 3 amide bonds. The van der Waals surface area contributed by atoms with Crippen molar-refractivity contribution < 1.29 is 28.3 Å². The Morgan fingerprint density at radius 2 is 1.90 bits per heavy atom. The average Bonchev–Trinajstić information content (AvgIpc) is 3.23. The quantitative estimate of drug-likeness (QED) is 0.539. The zero-order valence-electron chi connectivity index (χ0n) is 16.8. The summed E-state index contributed by atoms with van der Waals surface area (Å²) in [4.78, 5) is 43.9. The van der Waals surface area contributed by atoms with E-state index in [-0.39, 0.29) is 24.5 Å². The molecular weight excluding hydrogens is 428 g/mol. The van der Waals surface area contributed by atoms with Crippen LogP contribution in [0.2, 0.25) is 0 Å². The van der Waals surface area contributed by atoms with Crippen LogP contribution in [0.3, 0.4) is 0 Å². The third-order valence-electron chi connectivity index (χ3n) is 5.85. The molecule has 2 fully saturated rings. The zero-order valence-corrected chi connectivity index (χ0v) is 17.6. The number of hydrogen-bond acceptors (Lipinski definition) is 6. The van der Waals surface area contributed by atoms with Gasteiger partial charge in [0.2, 0.25) is 11.7 Å². The first kappa shape index (κ1) is 21.5. The van der Waals surface area contributed by atoms with Crippen LogP contribution in [0.15, 0.2) is 24.3 Å². The maximum Gasteiger partial charge on any atom is 0.325 e. The van der Waals surface area contributed by atoms with Crippen LogP contribution in [0.4, 0.5) is 13.6 Å². The number of aryl methyl sites for hydroxylation is 1. The van der Waals surface area contributed by atoms with Crippen LogP contribution in [-0.4, -0.2) is 50.7 Å². The highest BCUT2D eigenvalue weighted by atomic mass is 32.1. The van der Waals surface area contributed by atoms with Gasteiger partial charge in [-0.05, 0) is 30.9 Å². The van der Waals surface area contributed by atoms with E-state index in [1.165, 1.54) is 0 Å². The number of imide groups is 1. The lowest BCUT2D eigenvalue weighted by Crippen LogP contribution is -2.51. The van der Waals surface area contributed by atoms with Gasteiger partial charge < -0.3 is 10.4 Å². The normalized spacial score (nSPS) is 19.7. The van der Waals surface area contributed by atoms with Crippen molar-refractivity contribution in [1.29, 1.82) is 0 Å². The van der Waals surface area contributed by atoms with Gasteiger partial charge in [-0.2, -0.15) is 0 Å². The minimum Gasteiger partial charge on any atom is -0.392 e. The molecule has 1 aromatic heterocycles. The van der Waals surface area contributed by atoms with Crippen LogP contribution in [0.5, 0.6) is 0 Å². The lowest BCUT2D eigenvalue weighted by Gasteiger charge is -2.34. The molecule has 0 radical (unpaired) electrons. The first-order valence-corrected chi connectivity index (χ1v) is 10.7. The summed E-state index contributed by atoms with van der Waals surface area (Å²) in [6, 6.07) is 6.46. The van der Waals surface area contributed by atoms with Crippen molar-refractivity contribution in [3.05, 3.63) is 40.5 Å². The number of rotatable bonds is 5. The molecule has 1 aliphatic heterocycles. The number of Topliss-reactive ketones (excluding diaryl/α,β-unsaturated/α-hetero) is 1. The highest BCUT2D eigenvalue weighted by Crippen LogP contribution is 2.41. The van der Waals surface area contributed by atoms with Crippen molar-refractivity contribution in [1.82, 2.24) is 15.2 Å². The lowest BCUT2D eigenvalue weighted by molar-refractivity contribution is -0.135. The first-order valence-electron chi connectivity index (χ1n) is 9.87. The van der Waals surface area contributed by atoms with E-state index in [2.05, 4.69) is 10.3 Å². The number of carbonyl (C=O) groups is 3. The summed E-state index contributed by atoms with van der Waals surface area (Å²) in [6.07, 6.45) is -1.29. The van der Waals surface area contributed by atoms with Gasteiger partial charge in [-0.15, -0.1) is 11.3 Å². The summed E-state index contributed by atoms with van der Waals surface area (Å²) in [5, 5.41) is 12.2. The summed E-state index contributed by atoms with van der Waals surface area (Å²) >= 11 is 1.12. The van der Waals surface area contributed by atoms with E-state index >= 15 is 0 Å². The fourth-order valence-corrected chi connectivity index (χ4v) is 5.11. The predicted octanol–water partition coefficient (Wildman–Crippen LogP) is 3.29. The maximum atomic E-state index is 13.5. The van der Waals surface area contributed by atoms with Gasteiger partial charge in [0.25, 0.3) is 5.91 Å². The number of halogens is 2. The maximum absolute atomic E-state index is 13.5. The molecule has 31 heavy (non-hydrogen) atoms. The number of aliphatic hydroxyl groups excluding tert-OH is 1. The molecule has 164 valence electrons. The molecule has 1 saturated carbocycles. The summed E-state index contributed by atoms with van der Waals surface area (Å²) in [5.74, 6) is -4.00. The van der Waals surface area contributed by atoms with E-state index in [9.17, 15) is 28.3 Å². The third kappa shape index (κ3) is 3.85. The molecule has 2 N–H and O–H groups in total. The van der Waals surface area contributed by atoms with Crippen LogP contribution < -0.4 is 5.32 Å². The molecule has 4 rings (SSSR count). The van der Waals surface area contributed by atoms with E-state index in [0.29, 0.717) is 11.3 Å². The number of urea groups is 1. The molecule has 2 heterocycles. The van der Waals surface area contributed by atoms with Crippen molar-refractivity contribution in [3.8, 4) is 10.4 Å². The topological polar surface area (TPSA) is 99.6 Å². The van der Waals surface area contributed by atoms with Crippen LogP contribution in [0.25, 0.3) is 10.4 Å². The molecule has 0 bridgehead atoms. The Labute approximate surface area is 181 Å². The second kappa shape index (κ2) is 7.76. The van der Waals surface area contributed by atoms with E-state index < -0.39 is 48.6 Å². The molecule has 1 aromatic carbocycles. The Balaban J connectivity index is 1.53.